The van der Waals surface area contributed by atoms with Crippen LogP contribution in [0.3, 0.4) is 0 Å². The zero-order valence-electron chi connectivity index (χ0n) is 9.75. The van der Waals surface area contributed by atoms with Crippen LogP contribution in [0.1, 0.15) is 13.8 Å². The lowest BCUT2D eigenvalue weighted by Gasteiger charge is -2.26. The van der Waals surface area contributed by atoms with Crippen LogP contribution in [-0.2, 0) is 10.3 Å². The van der Waals surface area contributed by atoms with Crippen LogP contribution in [0.25, 0.3) is 0 Å². The molecule has 1 rings (SSSR count). The van der Waals surface area contributed by atoms with Crippen LogP contribution in [0.5, 0.6) is 0 Å². The molecule has 1 amide bonds. The van der Waals surface area contributed by atoms with Gasteiger partial charge in [-0.1, -0.05) is 5.16 Å². The summed E-state index contributed by atoms with van der Waals surface area (Å²) in [5.41, 5.74) is -0.852. The minimum absolute atomic E-state index is 0.00278. The molecule has 1 heterocycles. The minimum Gasteiger partial charge on any atom is -0.410 e. The fourth-order valence-corrected chi connectivity index (χ4v) is 1.24. The van der Waals surface area contributed by atoms with Crippen molar-refractivity contribution in [3.8, 4) is 0 Å². The van der Waals surface area contributed by atoms with Crippen LogP contribution in [0.15, 0.2) is 17.8 Å². The molecular weight excluding hydrogens is 210 g/mol. The lowest BCUT2D eigenvalue weighted by molar-refractivity contribution is -0.122. The van der Waals surface area contributed by atoms with Crippen molar-refractivity contribution in [1.82, 2.24) is 19.7 Å². The molecule has 0 unspecified atom stereocenters. The van der Waals surface area contributed by atoms with Crippen molar-refractivity contribution in [3.05, 3.63) is 12.7 Å². The highest BCUT2D eigenvalue weighted by atomic mass is 16.4. The van der Waals surface area contributed by atoms with Crippen LogP contribution in [0.2, 0.25) is 0 Å². The summed E-state index contributed by atoms with van der Waals surface area (Å²) < 4.78 is 1.46. The second kappa shape index (κ2) is 4.30. The Morgan fingerprint density at radius 1 is 1.50 bits per heavy atom. The predicted octanol–water partition coefficient (Wildman–Crippen LogP) is -0.0684. The number of oxime groups is 1. The first-order chi connectivity index (χ1) is 7.41. The average molecular weight is 225 g/mol. The van der Waals surface area contributed by atoms with Crippen molar-refractivity contribution in [3.63, 3.8) is 0 Å². The van der Waals surface area contributed by atoms with Gasteiger partial charge in [-0.25, -0.2) is 9.67 Å². The fraction of sp³-hybridized carbons (Fsp3) is 0.556. The molecule has 0 aliphatic carbocycles. The third-order valence-electron chi connectivity index (χ3n) is 2.28. The maximum atomic E-state index is 11.8. The van der Waals surface area contributed by atoms with Gasteiger partial charge in [0.25, 0.3) is 5.91 Å². The van der Waals surface area contributed by atoms with E-state index in [1.54, 1.807) is 27.9 Å². The third kappa shape index (κ3) is 2.02. The molecule has 16 heavy (non-hydrogen) atoms. The molecule has 7 heteroatoms. The van der Waals surface area contributed by atoms with Gasteiger partial charge in [-0.2, -0.15) is 5.10 Å². The maximum absolute atomic E-state index is 11.8. The Kier molecular flexibility index (Phi) is 3.26. The quantitative estimate of drug-likeness (QED) is 0.443. The van der Waals surface area contributed by atoms with Crippen molar-refractivity contribution in [2.45, 2.75) is 19.4 Å². The van der Waals surface area contributed by atoms with Crippen molar-refractivity contribution in [2.24, 2.45) is 5.16 Å². The maximum Gasteiger partial charge on any atom is 0.273 e. The SMILES string of the molecule is CN(C)C(=O)C(=NO)C(C)(C)n1cncn1. The van der Waals surface area contributed by atoms with Gasteiger partial charge < -0.3 is 10.1 Å². The Morgan fingerprint density at radius 3 is 2.50 bits per heavy atom. The molecule has 0 aromatic carbocycles. The number of amides is 1. The van der Waals surface area contributed by atoms with Gasteiger partial charge in [0, 0.05) is 14.1 Å². The number of carbonyl (C=O) groups excluding carboxylic acids is 1. The summed E-state index contributed by atoms with van der Waals surface area (Å²) in [6.45, 7) is 3.44. The van der Waals surface area contributed by atoms with Crippen LogP contribution >= 0.6 is 0 Å². The van der Waals surface area contributed by atoms with E-state index >= 15 is 0 Å². The highest BCUT2D eigenvalue weighted by Gasteiger charge is 2.35. The summed E-state index contributed by atoms with van der Waals surface area (Å²) in [4.78, 5) is 16.9. The first-order valence-electron chi connectivity index (χ1n) is 4.70. The largest absolute Gasteiger partial charge is 0.410 e. The molecule has 0 aliphatic heterocycles. The Bertz CT molecular complexity index is 394. The Morgan fingerprint density at radius 2 is 2.12 bits per heavy atom. The molecule has 0 bridgehead atoms. The number of rotatable bonds is 3. The first kappa shape index (κ1) is 12.2. The van der Waals surface area contributed by atoms with Crippen molar-refractivity contribution in [1.29, 1.82) is 0 Å². The summed E-state index contributed by atoms with van der Waals surface area (Å²) in [5.74, 6) is -0.372. The van der Waals surface area contributed by atoms with E-state index < -0.39 is 5.54 Å². The van der Waals surface area contributed by atoms with E-state index in [-0.39, 0.29) is 11.6 Å². The number of nitrogens with zero attached hydrogens (tertiary/aromatic N) is 5. The Labute approximate surface area is 93.4 Å². The van der Waals surface area contributed by atoms with E-state index in [1.807, 2.05) is 0 Å². The van der Waals surface area contributed by atoms with Crippen LogP contribution in [0.4, 0.5) is 0 Å². The summed E-state index contributed by atoms with van der Waals surface area (Å²) in [5, 5.41) is 16.0. The second-order valence-electron chi connectivity index (χ2n) is 4.05. The van der Waals surface area contributed by atoms with Crippen molar-refractivity contribution in [2.75, 3.05) is 14.1 Å². The topological polar surface area (TPSA) is 83.6 Å². The fourth-order valence-electron chi connectivity index (χ4n) is 1.24. The monoisotopic (exact) mass is 225 g/mol. The first-order valence-corrected chi connectivity index (χ1v) is 4.70. The van der Waals surface area contributed by atoms with Crippen molar-refractivity contribution >= 4 is 11.6 Å². The molecule has 0 aliphatic rings. The van der Waals surface area contributed by atoms with E-state index in [9.17, 15) is 4.79 Å². The van der Waals surface area contributed by atoms with Gasteiger partial charge in [-0.3, -0.25) is 4.79 Å². The van der Waals surface area contributed by atoms with Crippen molar-refractivity contribution < 1.29 is 10.0 Å². The normalized spacial score (nSPS) is 12.6. The van der Waals surface area contributed by atoms with Crippen LogP contribution in [0, 0.1) is 0 Å². The predicted molar refractivity (Wildman–Crippen MR) is 57.3 cm³/mol. The standard InChI is InChI=1S/C9H15N5O2/c1-9(2,14-6-10-5-11-14)7(12-16)8(15)13(3)4/h5-6,16H,1-4H3. The van der Waals surface area contributed by atoms with Gasteiger partial charge in [-0.05, 0) is 13.8 Å². The highest BCUT2D eigenvalue weighted by Crippen LogP contribution is 2.16. The number of aromatic nitrogens is 3. The third-order valence-corrected chi connectivity index (χ3v) is 2.28. The molecule has 0 atom stereocenters. The molecule has 0 radical (unpaired) electrons. The molecule has 7 nitrogen and oxygen atoms in total. The summed E-state index contributed by atoms with van der Waals surface area (Å²) in [6, 6.07) is 0. The molecule has 0 spiro atoms. The minimum atomic E-state index is -0.855. The number of hydrogen-bond donors (Lipinski definition) is 1. The molecular formula is C9H15N5O2. The van der Waals surface area contributed by atoms with E-state index in [1.165, 1.54) is 22.2 Å². The molecule has 0 fully saturated rings. The lowest BCUT2D eigenvalue weighted by atomic mass is 9.97. The second-order valence-corrected chi connectivity index (χ2v) is 4.05. The van der Waals surface area contributed by atoms with Gasteiger partial charge >= 0.3 is 0 Å². The number of hydrogen-bond acceptors (Lipinski definition) is 5. The Hall–Kier alpha value is -1.92. The zero-order chi connectivity index (χ0) is 12.3. The molecule has 1 aromatic heterocycles. The van der Waals surface area contributed by atoms with E-state index in [0.29, 0.717) is 0 Å². The van der Waals surface area contributed by atoms with Gasteiger partial charge in [0.1, 0.15) is 18.2 Å². The van der Waals surface area contributed by atoms with Crippen LogP contribution < -0.4 is 0 Å². The van der Waals surface area contributed by atoms with Gasteiger partial charge in [0.15, 0.2) is 5.71 Å². The smallest absolute Gasteiger partial charge is 0.273 e. The summed E-state index contributed by atoms with van der Waals surface area (Å²) >= 11 is 0. The van der Waals surface area contributed by atoms with Gasteiger partial charge in [0.05, 0.1) is 0 Å². The summed E-state index contributed by atoms with van der Waals surface area (Å²) in [7, 11) is 3.18. The van der Waals surface area contributed by atoms with Crippen LogP contribution in [-0.4, -0.2) is 50.6 Å². The van der Waals surface area contributed by atoms with E-state index in [2.05, 4.69) is 15.2 Å². The molecule has 1 aromatic rings. The summed E-state index contributed by atoms with van der Waals surface area (Å²) in [6.07, 6.45) is 2.82. The van der Waals surface area contributed by atoms with E-state index in [0.717, 1.165) is 0 Å². The average Bonchev–Trinajstić information content (AvgIpc) is 2.71. The Balaban J connectivity index is 3.11. The molecule has 0 saturated heterocycles. The lowest BCUT2D eigenvalue weighted by Crippen LogP contribution is -2.45. The van der Waals surface area contributed by atoms with Gasteiger partial charge in [-0.15, -0.1) is 0 Å². The van der Waals surface area contributed by atoms with Gasteiger partial charge in [0.2, 0.25) is 0 Å². The number of carbonyl (C=O) groups is 1. The molecule has 1 N–H and O–H groups in total. The molecule has 0 saturated carbocycles. The van der Waals surface area contributed by atoms with E-state index in [4.69, 9.17) is 5.21 Å². The highest BCUT2D eigenvalue weighted by molar-refractivity contribution is 6.40. The molecule has 88 valence electrons. The zero-order valence-corrected chi connectivity index (χ0v) is 9.75.